The van der Waals surface area contributed by atoms with Crippen molar-refractivity contribution in [3.63, 3.8) is 0 Å². The van der Waals surface area contributed by atoms with E-state index in [1.807, 2.05) is 47.4 Å². The Hall–Kier alpha value is -3.02. The van der Waals surface area contributed by atoms with Crippen LogP contribution in [0.4, 0.5) is 0 Å². The Kier molecular flexibility index (Phi) is 4.23. The normalized spacial score (nSPS) is 23.2. The fourth-order valence-electron chi connectivity index (χ4n) is 4.30. The van der Waals surface area contributed by atoms with E-state index >= 15 is 0 Å². The third kappa shape index (κ3) is 3.12. The summed E-state index contributed by atoms with van der Waals surface area (Å²) >= 11 is 0. The zero-order valence-corrected chi connectivity index (χ0v) is 16.6. The van der Waals surface area contributed by atoms with E-state index in [9.17, 15) is 9.59 Å². The minimum absolute atomic E-state index is 0.0644. The number of fused-ring (bicyclic) bond motifs is 2. The molecule has 2 aromatic rings. The molecule has 5 rings (SSSR count). The maximum absolute atomic E-state index is 13.1. The zero-order chi connectivity index (χ0) is 20.1. The fourth-order valence-corrected chi connectivity index (χ4v) is 4.30. The van der Waals surface area contributed by atoms with Gasteiger partial charge >= 0.3 is 0 Å². The molecule has 2 unspecified atom stereocenters. The number of hydrogen-bond donors (Lipinski definition) is 0. The van der Waals surface area contributed by atoms with Crippen LogP contribution < -0.4 is 9.47 Å². The molecule has 0 spiro atoms. The summed E-state index contributed by atoms with van der Waals surface area (Å²) in [6, 6.07) is 13.4. The highest BCUT2D eigenvalue weighted by atomic mass is 16.5. The lowest BCUT2D eigenvalue weighted by molar-refractivity contribution is -0.131. The summed E-state index contributed by atoms with van der Waals surface area (Å²) in [6.07, 6.45) is 1.74. The zero-order valence-electron chi connectivity index (χ0n) is 16.6. The van der Waals surface area contributed by atoms with Crippen molar-refractivity contribution in [2.45, 2.75) is 25.0 Å². The first-order valence-electron chi connectivity index (χ1n) is 10.1. The molecule has 2 aliphatic heterocycles. The van der Waals surface area contributed by atoms with Gasteiger partial charge in [0.1, 0.15) is 17.6 Å². The first-order valence-corrected chi connectivity index (χ1v) is 10.1. The molecular weight excluding hydrogens is 368 g/mol. The minimum atomic E-state index is -0.214. The Balaban J connectivity index is 1.47. The van der Waals surface area contributed by atoms with Gasteiger partial charge in [-0.3, -0.25) is 9.59 Å². The molecule has 150 valence electrons. The number of methoxy groups -OCH3 is 1. The van der Waals surface area contributed by atoms with Crippen molar-refractivity contribution in [2.75, 3.05) is 27.2 Å². The van der Waals surface area contributed by atoms with Gasteiger partial charge in [-0.05, 0) is 48.2 Å². The van der Waals surface area contributed by atoms with Crippen LogP contribution in [0.5, 0.6) is 11.5 Å². The first-order chi connectivity index (χ1) is 14.0. The predicted octanol–water partition coefficient (Wildman–Crippen LogP) is 2.82. The molecule has 2 amide bonds. The van der Waals surface area contributed by atoms with E-state index in [1.54, 1.807) is 19.1 Å². The van der Waals surface area contributed by atoms with Gasteiger partial charge in [0.2, 0.25) is 5.91 Å². The van der Waals surface area contributed by atoms with Crippen LogP contribution in [0.2, 0.25) is 0 Å². The van der Waals surface area contributed by atoms with Crippen molar-refractivity contribution < 1.29 is 19.1 Å². The summed E-state index contributed by atoms with van der Waals surface area (Å²) < 4.78 is 11.7. The molecule has 1 aliphatic carbocycles. The topological polar surface area (TPSA) is 59.1 Å². The molecule has 2 aromatic carbocycles. The Morgan fingerprint density at radius 3 is 2.66 bits per heavy atom. The smallest absolute Gasteiger partial charge is 0.257 e. The van der Waals surface area contributed by atoms with Crippen LogP contribution in [-0.2, 0) is 4.79 Å². The molecule has 2 atom stereocenters. The van der Waals surface area contributed by atoms with Crippen molar-refractivity contribution in [1.29, 1.82) is 0 Å². The Labute approximate surface area is 170 Å². The van der Waals surface area contributed by atoms with Crippen LogP contribution in [0, 0.1) is 5.92 Å². The average Bonchev–Trinajstić information content (AvgIpc) is 3.53. The average molecular weight is 392 g/mol. The number of carbonyl (C=O) groups is 2. The second-order valence-corrected chi connectivity index (χ2v) is 8.10. The van der Waals surface area contributed by atoms with Gasteiger partial charge in [-0.1, -0.05) is 18.2 Å². The van der Waals surface area contributed by atoms with E-state index in [-0.39, 0.29) is 29.9 Å². The van der Waals surface area contributed by atoms with E-state index in [2.05, 4.69) is 0 Å². The summed E-state index contributed by atoms with van der Waals surface area (Å²) in [4.78, 5) is 29.2. The van der Waals surface area contributed by atoms with E-state index in [4.69, 9.17) is 9.47 Å². The minimum Gasteiger partial charge on any atom is -0.497 e. The molecule has 1 saturated heterocycles. The standard InChI is InChI=1S/C23H24N2O4/c1-24-19-12-25(22(26)14-6-7-14)13-21(19)29-20-11-16(8-9-18(20)23(24)27)15-4-3-5-17(10-15)28-2/h3-5,8-11,14,19,21H,6-7,12-13H2,1-2H3. The van der Waals surface area contributed by atoms with Gasteiger partial charge in [0.15, 0.2) is 0 Å². The number of likely N-dealkylation sites (N-methyl/N-ethyl adjacent to an activating group) is 1. The fraction of sp³-hybridized carbons (Fsp3) is 0.391. The molecule has 6 nitrogen and oxygen atoms in total. The van der Waals surface area contributed by atoms with Crippen LogP contribution in [0.1, 0.15) is 23.2 Å². The highest BCUT2D eigenvalue weighted by Crippen LogP contribution is 2.37. The van der Waals surface area contributed by atoms with Crippen LogP contribution >= 0.6 is 0 Å². The number of hydrogen-bond acceptors (Lipinski definition) is 4. The largest absolute Gasteiger partial charge is 0.497 e. The molecule has 0 bridgehead atoms. The van der Waals surface area contributed by atoms with Gasteiger partial charge in [0, 0.05) is 19.5 Å². The molecule has 2 fully saturated rings. The SMILES string of the molecule is COc1cccc(-c2ccc3c(c2)OC2CN(C(=O)C4CC4)CC2N(C)C3=O)c1. The van der Waals surface area contributed by atoms with Crippen molar-refractivity contribution in [2.24, 2.45) is 5.92 Å². The van der Waals surface area contributed by atoms with Crippen LogP contribution in [0.3, 0.4) is 0 Å². The van der Waals surface area contributed by atoms with Gasteiger partial charge in [-0.25, -0.2) is 0 Å². The lowest BCUT2D eigenvalue weighted by atomic mass is 10.0. The molecule has 0 aromatic heterocycles. The number of benzene rings is 2. The van der Waals surface area contributed by atoms with Crippen molar-refractivity contribution >= 4 is 11.8 Å². The van der Waals surface area contributed by atoms with Gasteiger partial charge in [-0.15, -0.1) is 0 Å². The third-order valence-corrected chi connectivity index (χ3v) is 6.19. The monoisotopic (exact) mass is 392 g/mol. The lowest BCUT2D eigenvalue weighted by Gasteiger charge is -2.25. The van der Waals surface area contributed by atoms with Crippen molar-refractivity contribution in [3.05, 3.63) is 48.0 Å². The molecule has 29 heavy (non-hydrogen) atoms. The van der Waals surface area contributed by atoms with Gasteiger partial charge in [0.25, 0.3) is 5.91 Å². The van der Waals surface area contributed by atoms with E-state index in [0.717, 1.165) is 29.7 Å². The number of carbonyl (C=O) groups excluding carboxylic acids is 2. The van der Waals surface area contributed by atoms with E-state index in [1.165, 1.54) is 0 Å². The second-order valence-electron chi connectivity index (χ2n) is 8.10. The Morgan fingerprint density at radius 2 is 1.90 bits per heavy atom. The quantitative estimate of drug-likeness (QED) is 0.806. The summed E-state index contributed by atoms with van der Waals surface area (Å²) in [7, 11) is 3.45. The van der Waals surface area contributed by atoms with Crippen LogP contribution in [0.15, 0.2) is 42.5 Å². The Morgan fingerprint density at radius 1 is 1.10 bits per heavy atom. The van der Waals surface area contributed by atoms with E-state index < -0.39 is 0 Å². The lowest BCUT2D eigenvalue weighted by Crippen LogP contribution is -2.44. The number of likely N-dealkylation sites (tertiary alicyclic amines) is 1. The maximum atomic E-state index is 13.1. The molecular formula is C23H24N2O4. The molecule has 3 aliphatic rings. The number of ether oxygens (including phenoxy) is 2. The van der Waals surface area contributed by atoms with Gasteiger partial charge in [-0.2, -0.15) is 0 Å². The van der Waals surface area contributed by atoms with Gasteiger partial charge < -0.3 is 19.3 Å². The number of nitrogens with zero attached hydrogens (tertiary/aromatic N) is 2. The van der Waals surface area contributed by atoms with Crippen molar-refractivity contribution in [1.82, 2.24) is 9.80 Å². The van der Waals surface area contributed by atoms with Crippen LogP contribution in [0.25, 0.3) is 11.1 Å². The molecule has 0 radical (unpaired) electrons. The number of rotatable bonds is 3. The van der Waals surface area contributed by atoms with E-state index in [0.29, 0.717) is 24.4 Å². The second kappa shape index (κ2) is 6.79. The van der Waals surface area contributed by atoms with Crippen LogP contribution in [-0.4, -0.2) is 61.0 Å². The van der Waals surface area contributed by atoms with Gasteiger partial charge in [0.05, 0.1) is 25.3 Å². The predicted molar refractivity (Wildman–Crippen MR) is 108 cm³/mol. The van der Waals surface area contributed by atoms with Crippen molar-refractivity contribution in [3.8, 4) is 22.6 Å². The summed E-state index contributed by atoms with van der Waals surface area (Å²) in [5, 5.41) is 0. The highest BCUT2D eigenvalue weighted by molar-refractivity contribution is 5.98. The maximum Gasteiger partial charge on any atom is 0.257 e. The highest BCUT2D eigenvalue weighted by Gasteiger charge is 2.46. The Bertz CT molecular complexity index is 985. The first kappa shape index (κ1) is 18.0. The number of amides is 2. The summed E-state index contributed by atoms with van der Waals surface area (Å²) in [6.45, 7) is 1.07. The molecule has 1 saturated carbocycles. The molecule has 0 N–H and O–H groups in total. The summed E-state index contributed by atoms with van der Waals surface area (Å²) in [5.74, 6) is 1.67. The third-order valence-electron chi connectivity index (χ3n) is 6.19. The summed E-state index contributed by atoms with van der Waals surface area (Å²) in [5.41, 5.74) is 2.52. The molecule has 2 heterocycles. The molecule has 6 heteroatoms.